The molecule has 0 radical (unpaired) electrons. The van der Waals surface area contributed by atoms with Crippen molar-refractivity contribution in [2.45, 2.75) is 48.2 Å². The lowest BCUT2D eigenvalue weighted by Crippen LogP contribution is -2.28. The zero-order valence-corrected chi connectivity index (χ0v) is 22.2. The molecule has 0 aliphatic heterocycles. The summed E-state index contributed by atoms with van der Waals surface area (Å²) in [7, 11) is -8.47. The molecule has 1 aromatic heterocycles. The van der Waals surface area contributed by atoms with Gasteiger partial charge in [0.05, 0.1) is 10.9 Å². The highest BCUT2D eigenvalue weighted by Gasteiger charge is 2.41. The number of ketones is 2. The van der Waals surface area contributed by atoms with Gasteiger partial charge in [0.2, 0.25) is 0 Å². The molecule has 2 aliphatic rings. The van der Waals surface area contributed by atoms with E-state index in [-0.39, 0.29) is 38.4 Å². The van der Waals surface area contributed by atoms with E-state index < -0.39 is 43.0 Å². The van der Waals surface area contributed by atoms with Crippen LogP contribution < -0.4 is 4.18 Å². The minimum absolute atomic E-state index is 0.0267. The van der Waals surface area contributed by atoms with Gasteiger partial charge in [-0.05, 0) is 48.6 Å². The van der Waals surface area contributed by atoms with Crippen LogP contribution in [0.2, 0.25) is 0 Å². The molecule has 0 saturated heterocycles. The predicted octanol–water partition coefficient (Wildman–Crippen LogP) is 4.84. The number of para-hydroxylation sites is 1. The molecule has 6 rings (SSSR count). The Balaban J connectivity index is 1.41. The van der Waals surface area contributed by atoms with Gasteiger partial charge in [0.15, 0.2) is 17.3 Å². The minimum Gasteiger partial charge on any atom is -0.380 e. The Morgan fingerprint density at radius 2 is 1.46 bits per heavy atom. The molecule has 1 heterocycles. The van der Waals surface area contributed by atoms with E-state index in [9.17, 15) is 31.0 Å². The van der Waals surface area contributed by atoms with Gasteiger partial charge in [-0.15, -0.1) is 0 Å². The molecule has 9 nitrogen and oxygen atoms in total. The highest BCUT2D eigenvalue weighted by molar-refractivity contribution is 7.87. The minimum atomic E-state index is -4.57. The number of pyridine rings is 1. The second-order valence-corrected chi connectivity index (χ2v) is 13.1. The molecule has 1 unspecified atom stereocenters. The van der Waals surface area contributed by atoms with E-state index in [1.807, 2.05) is 0 Å². The number of carbonyl (C=O) groups is 2. The molecule has 4 aromatic rings. The van der Waals surface area contributed by atoms with Crippen LogP contribution in [0.15, 0.2) is 65.6 Å². The highest BCUT2D eigenvalue weighted by Crippen LogP contribution is 2.38. The molecular weight excluding hydrogens is 542 g/mol. The first kappa shape index (κ1) is 25.6. The van der Waals surface area contributed by atoms with Crippen LogP contribution in [0.1, 0.15) is 64.4 Å². The third kappa shape index (κ3) is 4.40. The molecule has 1 N–H and O–H groups in total. The van der Waals surface area contributed by atoms with Gasteiger partial charge in [0.25, 0.3) is 10.1 Å². The van der Waals surface area contributed by atoms with E-state index >= 15 is 0 Å². The number of nitrogens with zero attached hydrogens (tertiary/aromatic N) is 1. The van der Waals surface area contributed by atoms with E-state index in [2.05, 4.69) is 4.98 Å². The van der Waals surface area contributed by atoms with Crippen LogP contribution >= 0.6 is 0 Å². The quantitative estimate of drug-likeness (QED) is 0.204. The van der Waals surface area contributed by atoms with E-state index in [1.165, 1.54) is 36.4 Å². The molecule has 0 amide bonds. The lowest BCUT2D eigenvalue weighted by molar-refractivity contribution is 0.0888. The zero-order chi connectivity index (χ0) is 27.5. The monoisotopic (exact) mass is 565 g/mol. The van der Waals surface area contributed by atoms with Gasteiger partial charge in [0, 0.05) is 21.9 Å². The number of hydrogen-bond acceptors (Lipinski definition) is 8. The molecule has 0 spiro atoms. The Hall–Kier alpha value is -3.67. The first-order chi connectivity index (χ1) is 18.5. The summed E-state index contributed by atoms with van der Waals surface area (Å²) in [6, 6.07) is 15.0. The van der Waals surface area contributed by atoms with E-state index in [1.54, 1.807) is 24.3 Å². The third-order valence-corrected chi connectivity index (χ3v) is 10.1. The van der Waals surface area contributed by atoms with Crippen molar-refractivity contribution < 1.29 is 35.2 Å². The molecule has 11 heteroatoms. The summed E-state index contributed by atoms with van der Waals surface area (Å²) in [6.07, 6.45) is 3.69. The maximum absolute atomic E-state index is 13.5. The van der Waals surface area contributed by atoms with Crippen LogP contribution in [0.3, 0.4) is 0 Å². The topological polar surface area (TPSA) is 145 Å². The molecule has 1 fully saturated rings. The zero-order valence-electron chi connectivity index (χ0n) is 20.5. The van der Waals surface area contributed by atoms with E-state index in [0.717, 1.165) is 19.3 Å². The number of Topliss-reactive ketones (excluding diaryl/α,β-unsaturated/α-hetero) is 2. The summed E-state index contributed by atoms with van der Waals surface area (Å²) in [5.74, 6) is -2.34. The Morgan fingerprint density at radius 1 is 0.795 bits per heavy atom. The number of carbonyl (C=O) groups excluding carboxylic acids is 2. The van der Waals surface area contributed by atoms with Crippen molar-refractivity contribution in [3.63, 3.8) is 0 Å². The van der Waals surface area contributed by atoms with Crippen molar-refractivity contribution in [3.05, 3.63) is 77.5 Å². The molecule has 0 bridgehead atoms. The van der Waals surface area contributed by atoms with Gasteiger partial charge in [-0.3, -0.25) is 14.1 Å². The molecular formula is C28H23NO8S2. The standard InChI is InChI=1S/C28H23NO8S2/c30-27-20-14-17-7-5-11-24(38(32,33)34)19(17)15-21(20)28(31)25(27)22-13-12-16-6-4-10-23(26(16)29-22)37-39(35,36)18-8-2-1-3-9-18/h4-7,10-15,18,25H,1-3,8-9H2,(H,32,33,34). The largest absolute Gasteiger partial charge is 0.380 e. The summed E-state index contributed by atoms with van der Waals surface area (Å²) in [5.41, 5.74) is 0.486. The maximum atomic E-state index is 13.5. The van der Waals surface area contributed by atoms with Crippen molar-refractivity contribution in [2.75, 3.05) is 0 Å². The number of rotatable bonds is 5. The fraction of sp³-hybridized carbons (Fsp3) is 0.250. The van der Waals surface area contributed by atoms with Gasteiger partial charge in [-0.1, -0.05) is 49.6 Å². The van der Waals surface area contributed by atoms with Gasteiger partial charge in [-0.2, -0.15) is 16.8 Å². The second-order valence-electron chi connectivity index (χ2n) is 9.91. The normalized spacial score (nSPS) is 18.5. The lowest BCUT2D eigenvalue weighted by atomic mass is 9.98. The fourth-order valence-electron chi connectivity index (χ4n) is 5.54. The highest BCUT2D eigenvalue weighted by atomic mass is 32.2. The first-order valence-corrected chi connectivity index (χ1v) is 15.4. The van der Waals surface area contributed by atoms with Crippen molar-refractivity contribution in [3.8, 4) is 5.75 Å². The van der Waals surface area contributed by atoms with E-state index in [4.69, 9.17) is 4.18 Å². The van der Waals surface area contributed by atoms with Crippen LogP contribution in [0.25, 0.3) is 21.7 Å². The van der Waals surface area contributed by atoms with Crippen molar-refractivity contribution in [1.82, 2.24) is 4.98 Å². The van der Waals surface area contributed by atoms with Crippen LogP contribution in [0.5, 0.6) is 5.75 Å². The van der Waals surface area contributed by atoms with E-state index in [0.29, 0.717) is 23.6 Å². The summed E-state index contributed by atoms with van der Waals surface area (Å²) < 4.78 is 64.9. The fourth-order valence-corrected chi connectivity index (χ4v) is 7.67. The third-order valence-electron chi connectivity index (χ3n) is 7.48. The Bertz CT molecular complexity index is 1910. The molecule has 3 aromatic carbocycles. The molecule has 1 atom stereocenters. The summed E-state index contributed by atoms with van der Waals surface area (Å²) in [4.78, 5) is 31.1. The Kier molecular flexibility index (Phi) is 6.05. The second kappa shape index (κ2) is 9.22. The van der Waals surface area contributed by atoms with Crippen LogP contribution in [0, 0.1) is 0 Å². The van der Waals surface area contributed by atoms with Gasteiger partial charge in [0.1, 0.15) is 16.3 Å². The molecule has 200 valence electrons. The number of fused-ring (bicyclic) bond motifs is 3. The Morgan fingerprint density at radius 3 is 2.18 bits per heavy atom. The maximum Gasteiger partial charge on any atom is 0.312 e. The number of hydrogen-bond donors (Lipinski definition) is 1. The van der Waals surface area contributed by atoms with Crippen molar-refractivity contribution >= 4 is 53.5 Å². The summed E-state index contributed by atoms with van der Waals surface area (Å²) in [6.45, 7) is 0. The SMILES string of the molecule is O=C1c2cc3cccc(S(=O)(=O)O)c3cc2C(=O)C1c1ccc2cccc(OS(=O)(=O)C3CCCCC3)c2n1. The lowest BCUT2D eigenvalue weighted by Gasteiger charge is -2.21. The van der Waals surface area contributed by atoms with Crippen molar-refractivity contribution in [1.29, 1.82) is 0 Å². The molecule has 1 saturated carbocycles. The smallest absolute Gasteiger partial charge is 0.312 e. The Labute approximate surface area is 224 Å². The van der Waals surface area contributed by atoms with Gasteiger partial charge < -0.3 is 4.18 Å². The first-order valence-electron chi connectivity index (χ1n) is 12.5. The van der Waals surface area contributed by atoms with Crippen LogP contribution in [0.4, 0.5) is 0 Å². The van der Waals surface area contributed by atoms with Crippen LogP contribution in [-0.4, -0.2) is 43.2 Å². The van der Waals surface area contributed by atoms with Gasteiger partial charge >= 0.3 is 10.1 Å². The van der Waals surface area contributed by atoms with Crippen molar-refractivity contribution in [2.24, 2.45) is 0 Å². The summed E-state index contributed by atoms with van der Waals surface area (Å²) >= 11 is 0. The predicted molar refractivity (Wildman–Crippen MR) is 143 cm³/mol. The van der Waals surface area contributed by atoms with Gasteiger partial charge in [-0.25, -0.2) is 4.98 Å². The molecule has 2 aliphatic carbocycles. The number of benzene rings is 3. The average molecular weight is 566 g/mol. The van der Waals surface area contributed by atoms with Crippen LogP contribution in [-0.2, 0) is 20.2 Å². The molecule has 39 heavy (non-hydrogen) atoms. The number of aromatic nitrogens is 1. The summed E-state index contributed by atoms with van der Waals surface area (Å²) in [5, 5.41) is 0.476. The average Bonchev–Trinajstić information content (AvgIpc) is 3.15.